The van der Waals surface area contributed by atoms with Gasteiger partial charge in [-0.15, -0.1) is 0 Å². The van der Waals surface area contributed by atoms with Crippen molar-refractivity contribution in [3.05, 3.63) is 12.2 Å². The number of rotatable bonds is 3. The molecule has 3 heteroatoms. The molecule has 0 radical (unpaired) electrons. The molecular formula is C8H13NO2. The van der Waals surface area contributed by atoms with E-state index in [1.807, 2.05) is 0 Å². The highest BCUT2D eigenvalue weighted by Gasteiger charge is 2.09. The Hall–Kier alpha value is -0.830. The Kier molecular flexibility index (Phi) is 3.11. The van der Waals surface area contributed by atoms with Gasteiger partial charge in [-0.3, -0.25) is 4.79 Å². The summed E-state index contributed by atoms with van der Waals surface area (Å²) >= 11 is 0. The van der Waals surface area contributed by atoms with Gasteiger partial charge in [0.2, 0.25) is 0 Å². The van der Waals surface area contributed by atoms with Crippen LogP contribution < -0.4 is 5.32 Å². The van der Waals surface area contributed by atoms with Gasteiger partial charge in [-0.25, -0.2) is 0 Å². The maximum absolute atomic E-state index is 10.2. The van der Waals surface area contributed by atoms with Crippen molar-refractivity contribution in [3.8, 4) is 0 Å². The lowest BCUT2D eigenvalue weighted by atomic mass is 10.0. The van der Waals surface area contributed by atoms with Crippen molar-refractivity contribution >= 4 is 5.97 Å². The summed E-state index contributed by atoms with van der Waals surface area (Å²) in [6, 6.07) is 0.371. The van der Waals surface area contributed by atoms with Crippen molar-refractivity contribution in [2.45, 2.75) is 25.3 Å². The van der Waals surface area contributed by atoms with Crippen molar-refractivity contribution < 1.29 is 9.90 Å². The molecule has 0 amide bonds. The Morgan fingerprint density at radius 1 is 1.64 bits per heavy atom. The fraction of sp³-hybridized carbons (Fsp3) is 0.625. The molecule has 0 aromatic heterocycles. The topological polar surface area (TPSA) is 49.3 Å². The van der Waals surface area contributed by atoms with Crippen LogP contribution in [0, 0.1) is 0 Å². The van der Waals surface area contributed by atoms with E-state index in [4.69, 9.17) is 5.11 Å². The molecule has 62 valence electrons. The smallest absolute Gasteiger partial charge is 0.317 e. The average Bonchev–Trinajstić information content (AvgIpc) is 2.03. The Balaban J connectivity index is 2.16. The fourth-order valence-corrected chi connectivity index (χ4v) is 1.21. The summed E-state index contributed by atoms with van der Waals surface area (Å²) in [5.41, 5.74) is 0. The predicted molar refractivity (Wildman–Crippen MR) is 42.4 cm³/mol. The number of hydrogen-bond acceptors (Lipinski definition) is 2. The first-order valence-electron chi connectivity index (χ1n) is 3.89. The number of hydrogen-bond donors (Lipinski definition) is 2. The summed E-state index contributed by atoms with van der Waals surface area (Å²) in [6.45, 7) is 0.0819. The summed E-state index contributed by atoms with van der Waals surface area (Å²) in [7, 11) is 0. The van der Waals surface area contributed by atoms with Crippen LogP contribution in [0.3, 0.4) is 0 Å². The molecule has 0 aromatic carbocycles. The Labute approximate surface area is 66.1 Å². The highest BCUT2D eigenvalue weighted by atomic mass is 16.4. The van der Waals surface area contributed by atoms with Crippen molar-refractivity contribution in [2.24, 2.45) is 0 Å². The van der Waals surface area contributed by atoms with Gasteiger partial charge in [-0.05, 0) is 19.3 Å². The molecule has 2 N–H and O–H groups in total. The zero-order valence-electron chi connectivity index (χ0n) is 6.42. The first-order chi connectivity index (χ1) is 5.29. The van der Waals surface area contributed by atoms with E-state index in [9.17, 15) is 4.79 Å². The molecule has 1 unspecified atom stereocenters. The zero-order valence-corrected chi connectivity index (χ0v) is 6.42. The minimum atomic E-state index is -0.778. The Morgan fingerprint density at radius 2 is 2.45 bits per heavy atom. The molecule has 11 heavy (non-hydrogen) atoms. The van der Waals surface area contributed by atoms with E-state index in [0.717, 1.165) is 19.3 Å². The standard InChI is InChI=1S/C8H13NO2/c10-8(11)6-9-7-4-2-1-3-5-7/h1-2,7,9H,3-6H2,(H,10,11). The lowest BCUT2D eigenvalue weighted by molar-refractivity contribution is -0.136. The van der Waals surface area contributed by atoms with E-state index in [1.54, 1.807) is 0 Å². The second kappa shape index (κ2) is 4.13. The minimum absolute atomic E-state index is 0.0819. The van der Waals surface area contributed by atoms with Gasteiger partial charge in [0.15, 0.2) is 0 Å². The summed E-state index contributed by atoms with van der Waals surface area (Å²) < 4.78 is 0. The molecule has 1 aliphatic rings. The molecule has 0 aliphatic heterocycles. The Morgan fingerprint density at radius 3 is 3.00 bits per heavy atom. The van der Waals surface area contributed by atoms with Gasteiger partial charge >= 0.3 is 5.97 Å². The monoisotopic (exact) mass is 155 g/mol. The van der Waals surface area contributed by atoms with Gasteiger partial charge in [-0.1, -0.05) is 12.2 Å². The van der Waals surface area contributed by atoms with Crippen LogP contribution in [0.5, 0.6) is 0 Å². The maximum Gasteiger partial charge on any atom is 0.317 e. The van der Waals surface area contributed by atoms with Gasteiger partial charge in [0.25, 0.3) is 0 Å². The van der Waals surface area contributed by atoms with Crippen molar-refractivity contribution in [2.75, 3.05) is 6.54 Å². The second-order valence-electron chi connectivity index (χ2n) is 2.76. The third-order valence-electron chi connectivity index (χ3n) is 1.81. The van der Waals surface area contributed by atoms with Crippen LogP contribution in [0.2, 0.25) is 0 Å². The van der Waals surface area contributed by atoms with E-state index in [2.05, 4.69) is 17.5 Å². The lowest BCUT2D eigenvalue weighted by Gasteiger charge is -2.17. The normalized spacial score (nSPS) is 23.5. The summed E-state index contributed by atoms with van der Waals surface area (Å²) in [6.07, 6.45) is 7.33. The van der Waals surface area contributed by atoms with E-state index in [-0.39, 0.29) is 6.54 Å². The third-order valence-corrected chi connectivity index (χ3v) is 1.81. The number of carboxylic acids is 1. The van der Waals surface area contributed by atoms with Gasteiger partial charge in [-0.2, -0.15) is 0 Å². The number of carbonyl (C=O) groups is 1. The molecule has 1 rings (SSSR count). The SMILES string of the molecule is O=C(O)CNC1CC=CCC1. The van der Waals surface area contributed by atoms with Gasteiger partial charge in [0.1, 0.15) is 0 Å². The average molecular weight is 155 g/mol. The van der Waals surface area contributed by atoms with E-state index >= 15 is 0 Å². The predicted octanol–water partition coefficient (Wildman–Crippen LogP) is 0.769. The highest BCUT2D eigenvalue weighted by molar-refractivity contribution is 5.69. The summed E-state index contributed by atoms with van der Waals surface area (Å²) in [4.78, 5) is 10.2. The largest absolute Gasteiger partial charge is 0.480 e. The summed E-state index contributed by atoms with van der Waals surface area (Å²) in [5, 5.41) is 11.3. The van der Waals surface area contributed by atoms with Crippen LogP contribution in [0.1, 0.15) is 19.3 Å². The Bertz CT molecular complexity index is 165. The molecule has 0 spiro atoms. The molecule has 1 aliphatic carbocycles. The van der Waals surface area contributed by atoms with Crippen molar-refractivity contribution in [3.63, 3.8) is 0 Å². The number of aliphatic carboxylic acids is 1. The van der Waals surface area contributed by atoms with Crippen molar-refractivity contribution in [1.82, 2.24) is 5.32 Å². The van der Waals surface area contributed by atoms with Crippen LogP contribution in [-0.2, 0) is 4.79 Å². The molecular weight excluding hydrogens is 142 g/mol. The van der Waals surface area contributed by atoms with Crippen LogP contribution in [0.15, 0.2) is 12.2 Å². The third kappa shape index (κ3) is 3.18. The number of allylic oxidation sites excluding steroid dienone is 1. The maximum atomic E-state index is 10.2. The van der Waals surface area contributed by atoms with Gasteiger partial charge < -0.3 is 10.4 Å². The number of carboxylic acid groups (broad SMARTS) is 1. The molecule has 1 atom stereocenters. The van der Waals surface area contributed by atoms with Crippen LogP contribution in [0.25, 0.3) is 0 Å². The zero-order chi connectivity index (χ0) is 8.10. The van der Waals surface area contributed by atoms with E-state index < -0.39 is 5.97 Å². The quantitative estimate of drug-likeness (QED) is 0.592. The van der Waals surface area contributed by atoms with Crippen molar-refractivity contribution in [1.29, 1.82) is 0 Å². The van der Waals surface area contributed by atoms with Gasteiger partial charge in [0, 0.05) is 6.04 Å². The molecule has 3 nitrogen and oxygen atoms in total. The first-order valence-corrected chi connectivity index (χ1v) is 3.89. The van der Waals surface area contributed by atoms with Crippen LogP contribution in [0.4, 0.5) is 0 Å². The molecule has 0 bridgehead atoms. The molecule has 0 saturated carbocycles. The second-order valence-corrected chi connectivity index (χ2v) is 2.76. The molecule has 0 saturated heterocycles. The molecule has 0 heterocycles. The molecule has 0 aromatic rings. The van der Waals surface area contributed by atoms with E-state index in [1.165, 1.54) is 0 Å². The first kappa shape index (κ1) is 8.27. The fourth-order valence-electron chi connectivity index (χ4n) is 1.21. The summed E-state index contributed by atoms with van der Waals surface area (Å²) in [5.74, 6) is -0.778. The van der Waals surface area contributed by atoms with Crippen LogP contribution in [-0.4, -0.2) is 23.7 Å². The highest BCUT2D eigenvalue weighted by Crippen LogP contribution is 2.09. The minimum Gasteiger partial charge on any atom is -0.480 e. The van der Waals surface area contributed by atoms with Gasteiger partial charge in [0.05, 0.1) is 6.54 Å². The lowest BCUT2D eigenvalue weighted by Crippen LogP contribution is -2.33. The van der Waals surface area contributed by atoms with E-state index in [0.29, 0.717) is 6.04 Å². The number of nitrogens with one attached hydrogen (secondary N) is 1. The van der Waals surface area contributed by atoms with Crippen LogP contribution >= 0.6 is 0 Å². The molecule has 0 fully saturated rings.